The molecule has 0 unspecified atom stereocenters. The van der Waals surface area contributed by atoms with Gasteiger partial charge in [-0.05, 0) is 62.1 Å². The SMILES string of the molecule is COc1cccc(C[C@H]2[C@H]3C[C@H](CN(c4nc(N)ncc4C)C3)[C@@H]3CCCC(=O)N32)c1. The van der Waals surface area contributed by atoms with E-state index in [-0.39, 0.29) is 6.04 Å². The van der Waals surface area contributed by atoms with Gasteiger partial charge in [0.2, 0.25) is 11.9 Å². The summed E-state index contributed by atoms with van der Waals surface area (Å²) in [5.41, 5.74) is 8.19. The van der Waals surface area contributed by atoms with Crippen molar-refractivity contribution in [1.82, 2.24) is 14.9 Å². The minimum absolute atomic E-state index is 0.198. The normalized spacial score (nSPS) is 27.7. The number of carbonyl (C=O) groups is 1. The summed E-state index contributed by atoms with van der Waals surface area (Å²) >= 11 is 0. The van der Waals surface area contributed by atoms with E-state index < -0.39 is 0 Å². The summed E-state index contributed by atoms with van der Waals surface area (Å²) in [4.78, 5) is 26.5. The van der Waals surface area contributed by atoms with Crippen molar-refractivity contribution in [2.75, 3.05) is 30.8 Å². The van der Waals surface area contributed by atoms with E-state index in [1.165, 1.54) is 12.0 Å². The molecule has 3 fully saturated rings. The average Bonchev–Trinajstić information content (AvgIpc) is 2.78. The Kier molecular flexibility index (Phi) is 5.20. The van der Waals surface area contributed by atoms with Gasteiger partial charge in [0.15, 0.2) is 0 Å². The standard InChI is InChI=1S/C24H31N5O2/c1-15-12-26-24(25)27-23(15)28-13-17-11-18(14-28)21(29-20(17)7-4-8-22(29)30)10-16-5-3-6-19(9-16)31-2/h3,5-6,9,12,17-18,20-21H,4,7-8,10-11,13-14H2,1-2H3,(H2,25,26,27)/t17-,18+,20+,21+/m1/s1. The number of methoxy groups -OCH3 is 1. The summed E-state index contributed by atoms with van der Waals surface area (Å²) < 4.78 is 5.44. The maximum Gasteiger partial charge on any atom is 0.223 e. The van der Waals surface area contributed by atoms with Crippen LogP contribution in [0.5, 0.6) is 5.75 Å². The zero-order chi connectivity index (χ0) is 21.5. The Morgan fingerprint density at radius 2 is 2.10 bits per heavy atom. The molecule has 2 aromatic rings. The quantitative estimate of drug-likeness (QED) is 0.817. The number of nitrogens with zero attached hydrogens (tertiary/aromatic N) is 4. The van der Waals surface area contributed by atoms with Crippen molar-refractivity contribution in [3.05, 3.63) is 41.6 Å². The van der Waals surface area contributed by atoms with E-state index >= 15 is 0 Å². The number of nitrogens with two attached hydrogens (primary N) is 1. The van der Waals surface area contributed by atoms with Crippen LogP contribution in [0.4, 0.5) is 11.8 Å². The number of aromatic nitrogens is 2. The fourth-order valence-electron chi connectivity index (χ4n) is 6.02. The molecule has 2 bridgehead atoms. The van der Waals surface area contributed by atoms with Gasteiger partial charge in [-0.15, -0.1) is 0 Å². The zero-order valence-electron chi connectivity index (χ0n) is 18.3. The van der Waals surface area contributed by atoms with Crippen molar-refractivity contribution in [3.63, 3.8) is 0 Å². The lowest BCUT2D eigenvalue weighted by atomic mass is 9.70. The number of fused-ring (bicyclic) bond motifs is 4. The lowest BCUT2D eigenvalue weighted by Gasteiger charge is -2.57. The molecule has 4 heterocycles. The molecule has 1 aromatic carbocycles. The highest BCUT2D eigenvalue weighted by Crippen LogP contribution is 2.43. The van der Waals surface area contributed by atoms with Crippen molar-refractivity contribution in [2.24, 2.45) is 11.8 Å². The van der Waals surface area contributed by atoms with Gasteiger partial charge in [-0.25, -0.2) is 4.98 Å². The van der Waals surface area contributed by atoms with Crippen molar-refractivity contribution in [1.29, 1.82) is 0 Å². The largest absolute Gasteiger partial charge is 0.497 e. The number of piperidine rings is 3. The van der Waals surface area contributed by atoms with E-state index in [4.69, 9.17) is 10.5 Å². The van der Waals surface area contributed by atoms with E-state index in [1.807, 2.05) is 25.3 Å². The topological polar surface area (TPSA) is 84.6 Å². The summed E-state index contributed by atoms with van der Waals surface area (Å²) in [6.45, 7) is 3.86. The van der Waals surface area contributed by atoms with Crippen molar-refractivity contribution in [2.45, 2.75) is 51.1 Å². The van der Waals surface area contributed by atoms with E-state index in [0.717, 1.165) is 49.5 Å². The number of rotatable bonds is 4. The molecule has 7 heteroatoms. The summed E-state index contributed by atoms with van der Waals surface area (Å²) in [5.74, 6) is 3.33. The Hall–Kier alpha value is -2.83. The molecule has 7 nitrogen and oxygen atoms in total. The van der Waals surface area contributed by atoms with Gasteiger partial charge in [0, 0.05) is 43.4 Å². The zero-order valence-corrected chi connectivity index (χ0v) is 18.3. The molecule has 3 saturated heterocycles. The van der Waals surface area contributed by atoms with E-state index in [1.54, 1.807) is 7.11 Å². The maximum absolute atomic E-state index is 13.1. The van der Waals surface area contributed by atoms with Crippen molar-refractivity contribution >= 4 is 17.7 Å². The molecule has 4 atom stereocenters. The molecule has 0 radical (unpaired) electrons. The fraction of sp³-hybridized carbons (Fsp3) is 0.542. The van der Waals surface area contributed by atoms with Gasteiger partial charge in [0.25, 0.3) is 0 Å². The third-order valence-electron chi connectivity index (χ3n) is 7.34. The van der Waals surface area contributed by atoms with E-state index in [9.17, 15) is 4.79 Å². The van der Waals surface area contributed by atoms with Gasteiger partial charge < -0.3 is 20.3 Å². The Morgan fingerprint density at radius 3 is 2.94 bits per heavy atom. The molecule has 3 aliphatic heterocycles. The minimum atomic E-state index is 0.198. The van der Waals surface area contributed by atoms with Crippen LogP contribution in [0.1, 0.15) is 36.8 Å². The molecule has 0 saturated carbocycles. The van der Waals surface area contributed by atoms with Crippen LogP contribution in [0, 0.1) is 18.8 Å². The highest BCUT2D eigenvalue weighted by molar-refractivity contribution is 5.78. The number of hydrogen-bond acceptors (Lipinski definition) is 6. The molecule has 3 aliphatic rings. The first-order chi connectivity index (χ1) is 15.0. The van der Waals surface area contributed by atoms with Crippen LogP contribution >= 0.6 is 0 Å². The van der Waals surface area contributed by atoms with Gasteiger partial charge in [-0.3, -0.25) is 4.79 Å². The molecular formula is C24H31N5O2. The smallest absolute Gasteiger partial charge is 0.223 e. The molecule has 0 aliphatic carbocycles. The van der Waals surface area contributed by atoms with E-state index in [0.29, 0.717) is 36.2 Å². The van der Waals surface area contributed by atoms with Gasteiger partial charge >= 0.3 is 0 Å². The first kappa shape index (κ1) is 20.1. The predicted octanol–water partition coefficient (Wildman–Crippen LogP) is 2.82. The summed E-state index contributed by atoms with van der Waals surface area (Å²) in [7, 11) is 1.70. The van der Waals surface area contributed by atoms with Crippen molar-refractivity contribution < 1.29 is 9.53 Å². The monoisotopic (exact) mass is 421 g/mol. The van der Waals surface area contributed by atoms with Crippen LogP contribution in [-0.4, -0.2) is 53.1 Å². The molecular weight excluding hydrogens is 390 g/mol. The molecule has 1 amide bonds. The first-order valence-corrected chi connectivity index (χ1v) is 11.3. The van der Waals surface area contributed by atoms with Gasteiger partial charge in [-0.2, -0.15) is 4.98 Å². The Labute approximate surface area is 183 Å². The minimum Gasteiger partial charge on any atom is -0.497 e. The number of carbonyl (C=O) groups excluding carboxylic acids is 1. The Morgan fingerprint density at radius 1 is 1.26 bits per heavy atom. The third kappa shape index (κ3) is 3.70. The molecule has 1 aromatic heterocycles. The molecule has 5 rings (SSSR count). The lowest BCUT2D eigenvalue weighted by Crippen LogP contribution is -2.65. The van der Waals surface area contributed by atoms with Crippen LogP contribution in [0.2, 0.25) is 0 Å². The predicted molar refractivity (Wildman–Crippen MR) is 120 cm³/mol. The van der Waals surface area contributed by atoms with Crippen LogP contribution in [0.3, 0.4) is 0 Å². The number of nitrogen functional groups attached to an aromatic ring is 1. The van der Waals surface area contributed by atoms with Crippen LogP contribution in [0.15, 0.2) is 30.5 Å². The second kappa shape index (κ2) is 8.02. The number of benzene rings is 1. The number of anilines is 2. The van der Waals surface area contributed by atoms with Crippen LogP contribution < -0.4 is 15.4 Å². The number of hydrogen-bond donors (Lipinski definition) is 1. The summed E-state index contributed by atoms with van der Waals surface area (Å²) in [6, 6.07) is 8.77. The third-order valence-corrected chi connectivity index (χ3v) is 7.34. The second-order valence-electron chi connectivity index (χ2n) is 9.28. The Bertz CT molecular complexity index is 980. The van der Waals surface area contributed by atoms with Gasteiger partial charge in [0.1, 0.15) is 11.6 Å². The fourth-order valence-corrected chi connectivity index (χ4v) is 6.02. The maximum atomic E-state index is 13.1. The van der Waals surface area contributed by atoms with Gasteiger partial charge in [0.05, 0.1) is 7.11 Å². The average molecular weight is 422 g/mol. The number of amides is 1. The highest BCUT2D eigenvalue weighted by atomic mass is 16.5. The number of aryl methyl sites for hydroxylation is 1. The van der Waals surface area contributed by atoms with Gasteiger partial charge in [-0.1, -0.05) is 12.1 Å². The van der Waals surface area contributed by atoms with Crippen molar-refractivity contribution in [3.8, 4) is 5.75 Å². The van der Waals surface area contributed by atoms with E-state index in [2.05, 4.69) is 31.9 Å². The first-order valence-electron chi connectivity index (χ1n) is 11.3. The molecule has 2 N–H and O–H groups in total. The highest BCUT2D eigenvalue weighted by Gasteiger charge is 2.49. The Balaban J connectivity index is 1.48. The summed E-state index contributed by atoms with van der Waals surface area (Å²) in [5, 5.41) is 0. The van der Waals surface area contributed by atoms with Crippen LogP contribution in [-0.2, 0) is 11.2 Å². The van der Waals surface area contributed by atoms with Crippen LogP contribution in [0.25, 0.3) is 0 Å². The summed E-state index contributed by atoms with van der Waals surface area (Å²) in [6.07, 6.45) is 6.60. The second-order valence-corrected chi connectivity index (χ2v) is 9.28. The molecule has 0 spiro atoms. The molecule has 164 valence electrons. The number of ether oxygens (including phenoxy) is 1. The molecule has 31 heavy (non-hydrogen) atoms. The lowest BCUT2D eigenvalue weighted by molar-refractivity contribution is -0.148.